The van der Waals surface area contributed by atoms with Crippen LogP contribution in [-0.4, -0.2) is 18.0 Å². The van der Waals surface area contributed by atoms with Crippen molar-refractivity contribution in [3.63, 3.8) is 0 Å². The molecule has 19 heavy (non-hydrogen) atoms. The molecule has 1 aliphatic rings. The van der Waals surface area contributed by atoms with E-state index in [1.807, 2.05) is 6.92 Å². The highest BCUT2D eigenvalue weighted by Crippen LogP contribution is 2.32. The smallest absolute Gasteiger partial charge is 0.223 e. The van der Waals surface area contributed by atoms with E-state index in [0.29, 0.717) is 6.54 Å². The number of unbranched alkanes of at least 4 members (excludes halogenated alkanes) is 1. The molecule has 3 heteroatoms. The summed E-state index contributed by atoms with van der Waals surface area (Å²) in [6, 6.07) is 0. The third-order valence-corrected chi connectivity index (χ3v) is 4.84. The molecule has 1 fully saturated rings. The first kappa shape index (κ1) is 16.5. The molecular weight excluding hydrogens is 236 g/mol. The lowest BCUT2D eigenvalue weighted by Gasteiger charge is -2.33. The lowest BCUT2D eigenvalue weighted by Crippen LogP contribution is -2.52. The van der Waals surface area contributed by atoms with E-state index in [2.05, 4.69) is 19.2 Å². The lowest BCUT2D eigenvalue weighted by molar-refractivity contribution is -0.128. The van der Waals surface area contributed by atoms with Crippen LogP contribution in [0.4, 0.5) is 0 Å². The molecule has 0 spiro atoms. The van der Waals surface area contributed by atoms with Crippen LogP contribution >= 0.6 is 0 Å². The fraction of sp³-hybridized carbons (Fsp3) is 0.938. The molecule has 1 aliphatic carbocycles. The quantitative estimate of drug-likeness (QED) is 0.745. The van der Waals surface area contributed by atoms with Gasteiger partial charge in [-0.05, 0) is 44.9 Å². The highest BCUT2D eigenvalue weighted by molar-refractivity contribution is 5.79. The molecular formula is C16H32N2O. The second-order valence-corrected chi connectivity index (χ2v) is 6.47. The largest absolute Gasteiger partial charge is 0.349 e. The number of rotatable bonds is 7. The van der Waals surface area contributed by atoms with Crippen molar-refractivity contribution in [2.45, 2.75) is 77.7 Å². The van der Waals surface area contributed by atoms with Crippen molar-refractivity contribution in [3.05, 3.63) is 0 Å². The van der Waals surface area contributed by atoms with Crippen LogP contribution in [0, 0.1) is 11.8 Å². The molecule has 1 atom stereocenters. The monoisotopic (exact) mass is 268 g/mol. The minimum Gasteiger partial charge on any atom is -0.349 e. The van der Waals surface area contributed by atoms with E-state index in [4.69, 9.17) is 5.73 Å². The fourth-order valence-corrected chi connectivity index (χ4v) is 2.89. The Balaban J connectivity index is 2.36. The van der Waals surface area contributed by atoms with Crippen LogP contribution in [-0.2, 0) is 4.79 Å². The summed E-state index contributed by atoms with van der Waals surface area (Å²) in [7, 11) is 0. The van der Waals surface area contributed by atoms with Crippen LogP contribution in [0.25, 0.3) is 0 Å². The molecule has 0 heterocycles. The van der Waals surface area contributed by atoms with Gasteiger partial charge in [0.15, 0.2) is 0 Å². The van der Waals surface area contributed by atoms with Gasteiger partial charge >= 0.3 is 0 Å². The van der Waals surface area contributed by atoms with E-state index < -0.39 is 0 Å². The first-order valence-electron chi connectivity index (χ1n) is 8.06. The number of amides is 1. The molecule has 0 bridgehead atoms. The summed E-state index contributed by atoms with van der Waals surface area (Å²) < 4.78 is 0. The van der Waals surface area contributed by atoms with Gasteiger partial charge in [-0.15, -0.1) is 0 Å². The van der Waals surface area contributed by atoms with E-state index in [0.717, 1.165) is 25.2 Å². The summed E-state index contributed by atoms with van der Waals surface area (Å²) in [5.41, 5.74) is 5.53. The second kappa shape index (κ2) is 7.88. The third kappa shape index (κ3) is 5.13. The van der Waals surface area contributed by atoms with E-state index in [-0.39, 0.29) is 17.4 Å². The molecule has 0 aromatic heterocycles. The van der Waals surface area contributed by atoms with Crippen molar-refractivity contribution in [2.24, 2.45) is 17.6 Å². The van der Waals surface area contributed by atoms with Crippen LogP contribution in [0.2, 0.25) is 0 Å². The highest BCUT2D eigenvalue weighted by Gasteiger charge is 2.30. The van der Waals surface area contributed by atoms with Crippen LogP contribution in [0.15, 0.2) is 0 Å². The molecule has 1 saturated carbocycles. The first-order chi connectivity index (χ1) is 9.04. The zero-order valence-corrected chi connectivity index (χ0v) is 13.0. The van der Waals surface area contributed by atoms with Crippen molar-refractivity contribution in [1.82, 2.24) is 5.32 Å². The maximum atomic E-state index is 12.3. The van der Waals surface area contributed by atoms with Gasteiger partial charge in [0.25, 0.3) is 0 Å². The molecule has 112 valence electrons. The first-order valence-corrected chi connectivity index (χ1v) is 8.06. The van der Waals surface area contributed by atoms with Gasteiger partial charge in [0.05, 0.1) is 0 Å². The highest BCUT2D eigenvalue weighted by atomic mass is 16.2. The molecule has 0 aliphatic heterocycles. The van der Waals surface area contributed by atoms with Crippen molar-refractivity contribution in [3.8, 4) is 0 Å². The van der Waals surface area contributed by atoms with E-state index in [1.54, 1.807) is 0 Å². The summed E-state index contributed by atoms with van der Waals surface area (Å²) >= 11 is 0. The Morgan fingerprint density at radius 2 is 1.89 bits per heavy atom. The fourth-order valence-electron chi connectivity index (χ4n) is 2.89. The summed E-state index contributed by atoms with van der Waals surface area (Å²) in [4.78, 5) is 12.3. The van der Waals surface area contributed by atoms with Crippen molar-refractivity contribution in [1.29, 1.82) is 0 Å². The lowest BCUT2D eigenvalue weighted by atomic mass is 9.79. The Morgan fingerprint density at radius 3 is 2.37 bits per heavy atom. The zero-order valence-electron chi connectivity index (χ0n) is 13.0. The summed E-state index contributed by atoms with van der Waals surface area (Å²) in [6.07, 6.45) is 9.43. The van der Waals surface area contributed by atoms with Crippen molar-refractivity contribution >= 4 is 5.91 Å². The van der Waals surface area contributed by atoms with E-state index in [9.17, 15) is 4.79 Å². The van der Waals surface area contributed by atoms with Gasteiger partial charge in [-0.25, -0.2) is 0 Å². The number of nitrogens with two attached hydrogens (primary N) is 1. The molecule has 0 aromatic rings. The minimum atomic E-state index is -0.226. The molecule has 1 rings (SSSR count). The molecule has 3 nitrogen and oxygen atoms in total. The Labute approximate surface area is 118 Å². The van der Waals surface area contributed by atoms with Crippen LogP contribution < -0.4 is 11.1 Å². The Morgan fingerprint density at radius 1 is 1.26 bits per heavy atom. The Hall–Kier alpha value is -0.570. The van der Waals surface area contributed by atoms with Crippen LogP contribution in [0.5, 0.6) is 0 Å². The minimum absolute atomic E-state index is 0.218. The normalized spacial score (nSPS) is 26.7. The zero-order chi connectivity index (χ0) is 14.3. The maximum Gasteiger partial charge on any atom is 0.223 e. The summed E-state index contributed by atoms with van der Waals surface area (Å²) in [6.45, 7) is 6.88. The number of carbonyl (C=O) groups is 1. The average Bonchev–Trinajstić information content (AvgIpc) is 2.45. The molecule has 0 aromatic carbocycles. The van der Waals surface area contributed by atoms with Gasteiger partial charge < -0.3 is 11.1 Å². The van der Waals surface area contributed by atoms with E-state index >= 15 is 0 Å². The molecule has 1 unspecified atom stereocenters. The van der Waals surface area contributed by atoms with Gasteiger partial charge in [0.2, 0.25) is 5.91 Å². The third-order valence-electron chi connectivity index (χ3n) is 4.84. The maximum absolute atomic E-state index is 12.3. The van der Waals surface area contributed by atoms with Crippen molar-refractivity contribution < 1.29 is 4.79 Å². The number of hydrogen-bond acceptors (Lipinski definition) is 2. The summed E-state index contributed by atoms with van der Waals surface area (Å²) in [5.74, 6) is 1.30. The SMILES string of the molecule is CCCCC1CCC(C(=O)NC(C)(CC)CN)CC1. The molecule has 1 amide bonds. The Kier molecular flexibility index (Phi) is 6.84. The van der Waals surface area contributed by atoms with Crippen LogP contribution in [0.1, 0.15) is 72.1 Å². The van der Waals surface area contributed by atoms with Gasteiger partial charge in [-0.2, -0.15) is 0 Å². The second-order valence-electron chi connectivity index (χ2n) is 6.47. The summed E-state index contributed by atoms with van der Waals surface area (Å²) in [5, 5.41) is 3.16. The number of nitrogens with one attached hydrogen (secondary N) is 1. The topological polar surface area (TPSA) is 55.1 Å². The standard InChI is InChI=1S/C16H32N2O/c1-4-6-7-13-8-10-14(11-9-13)15(19)18-16(3,5-2)12-17/h13-14H,4-12,17H2,1-3H3,(H,18,19). The number of carbonyl (C=O) groups excluding carboxylic acids is 1. The predicted octanol–water partition coefficient (Wildman–Crippen LogP) is 3.23. The average molecular weight is 268 g/mol. The van der Waals surface area contributed by atoms with Gasteiger partial charge in [-0.1, -0.05) is 33.1 Å². The van der Waals surface area contributed by atoms with Gasteiger partial charge in [0.1, 0.15) is 0 Å². The van der Waals surface area contributed by atoms with Crippen LogP contribution in [0.3, 0.4) is 0 Å². The number of hydrogen-bond donors (Lipinski definition) is 2. The molecule has 0 radical (unpaired) electrons. The van der Waals surface area contributed by atoms with E-state index in [1.165, 1.54) is 32.1 Å². The molecule has 3 N–H and O–H groups in total. The molecule has 0 saturated heterocycles. The van der Waals surface area contributed by atoms with Crippen molar-refractivity contribution in [2.75, 3.05) is 6.54 Å². The predicted molar refractivity (Wildman–Crippen MR) is 80.9 cm³/mol. The van der Waals surface area contributed by atoms with Gasteiger partial charge in [-0.3, -0.25) is 4.79 Å². The van der Waals surface area contributed by atoms with Gasteiger partial charge in [0, 0.05) is 18.0 Å². The Bertz CT molecular complexity index is 266.